The highest BCUT2D eigenvalue weighted by atomic mass is 32.1. The quantitative estimate of drug-likeness (QED) is 0.331. The van der Waals surface area contributed by atoms with Gasteiger partial charge in [-0.3, -0.25) is 4.79 Å². The molecule has 0 bridgehead atoms. The first-order valence-corrected chi connectivity index (χ1v) is 3.72. The molecular weight excluding hydrogens is 166 g/mol. The molecule has 1 atom stereocenters. The molecule has 0 spiro atoms. The monoisotopic (exact) mass is 181 g/mol. The largest absolute Gasteiger partial charge is 0.480 e. The van der Waals surface area contributed by atoms with Gasteiger partial charge in [-0.15, -0.1) is 0 Å². The van der Waals surface area contributed by atoms with E-state index in [4.69, 9.17) is 22.3 Å². The van der Waals surface area contributed by atoms with E-state index in [-0.39, 0.29) is 5.75 Å². The van der Waals surface area contributed by atoms with Crippen LogP contribution in [-0.4, -0.2) is 36.0 Å². The number of rotatable bonds is 3. The highest BCUT2D eigenvalue weighted by Crippen LogP contribution is 1.80. The third-order valence-corrected chi connectivity index (χ3v) is 1.07. The topological polar surface area (TPSA) is 115 Å². The average molecular weight is 181 g/mol. The molecule has 0 amide bonds. The van der Waals surface area contributed by atoms with Crippen molar-refractivity contribution in [1.29, 1.82) is 0 Å². The van der Waals surface area contributed by atoms with Crippen LogP contribution in [-0.2, 0) is 4.79 Å². The van der Waals surface area contributed by atoms with Gasteiger partial charge in [-0.25, -0.2) is 0 Å². The number of nitrogens with two attached hydrogens (primary N) is 3. The van der Waals surface area contributed by atoms with E-state index in [0.29, 0.717) is 13.1 Å². The molecule has 0 radical (unpaired) electrons. The molecule has 7 N–H and O–H groups in total. The first kappa shape index (κ1) is 13.3. The molecule has 0 aromatic heterocycles. The standard InChI is InChI=1S/C3H7NO2S.C2H8N2/c4-2(1-7)3(5)6;3-1-2-4/h2,7H,1,4H2,(H,5,6);1-4H2/t2-;/m0./s1. The van der Waals surface area contributed by atoms with Crippen molar-refractivity contribution in [2.75, 3.05) is 18.8 Å². The van der Waals surface area contributed by atoms with Gasteiger partial charge in [-0.1, -0.05) is 0 Å². The van der Waals surface area contributed by atoms with Gasteiger partial charge in [0.2, 0.25) is 0 Å². The Kier molecular flexibility index (Phi) is 11.7. The second-order valence-electron chi connectivity index (χ2n) is 1.70. The van der Waals surface area contributed by atoms with Crippen molar-refractivity contribution in [3.05, 3.63) is 0 Å². The molecule has 11 heavy (non-hydrogen) atoms. The maximum Gasteiger partial charge on any atom is 0.321 e. The number of hydrogen-bond donors (Lipinski definition) is 5. The number of carbonyl (C=O) groups is 1. The van der Waals surface area contributed by atoms with Gasteiger partial charge in [-0.2, -0.15) is 12.6 Å². The van der Waals surface area contributed by atoms with Crippen molar-refractivity contribution >= 4 is 18.6 Å². The first-order chi connectivity index (χ1) is 5.09. The van der Waals surface area contributed by atoms with Crippen LogP contribution in [0.15, 0.2) is 0 Å². The van der Waals surface area contributed by atoms with Gasteiger partial charge in [-0.05, 0) is 0 Å². The Labute approximate surface area is 71.3 Å². The number of carboxylic acid groups (broad SMARTS) is 1. The Morgan fingerprint density at radius 3 is 1.82 bits per heavy atom. The lowest BCUT2D eigenvalue weighted by Crippen LogP contribution is -2.31. The number of thiol groups is 1. The van der Waals surface area contributed by atoms with Crippen LogP contribution in [0.2, 0.25) is 0 Å². The molecular formula is C5H15N3O2S. The minimum absolute atomic E-state index is 0.190. The van der Waals surface area contributed by atoms with Crippen LogP contribution in [0.25, 0.3) is 0 Å². The predicted octanol–water partition coefficient (Wildman–Crippen LogP) is -1.77. The summed E-state index contributed by atoms with van der Waals surface area (Å²) in [6.07, 6.45) is 0. The molecule has 0 unspecified atom stereocenters. The van der Waals surface area contributed by atoms with Crippen molar-refractivity contribution in [2.24, 2.45) is 17.2 Å². The molecule has 0 heterocycles. The van der Waals surface area contributed by atoms with Crippen LogP contribution in [0.1, 0.15) is 0 Å². The smallest absolute Gasteiger partial charge is 0.321 e. The van der Waals surface area contributed by atoms with Crippen LogP contribution < -0.4 is 17.2 Å². The lowest BCUT2D eigenvalue weighted by molar-refractivity contribution is -0.137. The first-order valence-electron chi connectivity index (χ1n) is 3.09. The number of carboxylic acids is 1. The molecule has 0 aromatic carbocycles. The van der Waals surface area contributed by atoms with E-state index in [1.165, 1.54) is 0 Å². The number of aliphatic carboxylic acids is 1. The van der Waals surface area contributed by atoms with Gasteiger partial charge in [0.15, 0.2) is 0 Å². The molecule has 0 saturated carbocycles. The highest BCUT2D eigenvalue weighted by Gasteiger charge is 2.06. The average Bonchev–Trinajstić information content (AvgIpc) is 2.03. The van der Waals surface area contributed by atoms with Crippen LogP contribution >= 0.6 is 12.6 Å². The summed E-state index contributed by atoms with van der Waals surface area (Å²) < 4.78 is 0. The molecule has 0 saturated heterocycles. The van der Waals surface area contributed by atoms with Crippen LogP contribution in [0.3, 0.4) is 0 Å². The van der Waals surface area contributed by atoms with Gasteiger partial charge < -0.3 is 22.3 Å². The van der Waals surface area contributed by atoms with Crippen molar-refractivity contribution in [3.63, 3.8) is 0 Å². The zero-order valence-electron chi connectivity index (χ0n) is 6.23. The Morgan fingerprint density at radius 1 is 1.45 bits per heavy atom. The van der Waals surface area contributed by atoms with E-state index in [2.05, 4.69) is 12.6 Å². The third-order valence-electron chi connectivity index (χ3n) is 0.681. The summed E-state index contributed by atoms with van der Waals surface area (Å²) in [5, 5.41) is 8.01. The fraction of sp³-hybridized carbons (Fsp3) is 0.800. The second kappa shape index (κ2) is 9.70. The predicted molar refractivity (Wildman–Crippen MR) is 47.6 cm³/mol. The molecule has 6 heteroatoms. The fourth-order valence-corrected chi connectivity index (χ4v) is 0.234. The molecule has 0 fully saturated rings. The van der Waals surface area contributed by atoms with E-state index >= 15 is 0 Å². The van der Waals surface area contributed by atoms with Crippen LogP contribution in [0, 0.1) is 0 Å². The molecule has 0 aliphatic carbocycles. The lowest BCUT2D eigenvalue weighted by Gasteiger charge is -1.96. The minimum Gasteiger partial charge on any atom is -0.480 e. The summed E-state index contributed by atoms with van der Waals surface area (Å²) >= 11 is 3.65. The Bertz CT molecular complexity index is 99.7. The Balaban J connectivity index is 0. The van der Waals surface area contributed by atoms with E-state index in [0.717, 1.165) is 0 Å². The summed E-state index contributed by atoms with van der Waals surface area (Å²) in [7, 11) is 0. The SMILES string of the molecule is NCCN.N[C@@H](CS)C(=O)O. The fourth-order valence-electron chi connectivity index (χ4n) is 0.0781. The maximum atomic E-state index is 9.76. The van der Waals surface area contributed by atoms with Crippen molar-refractivity contribution < 1.29 is 9.90 Å². The van der Waals surface area contributed by atoms with Gasteiger partial charge in [0, 0.05) is 18.8 Å². The van der Waals surface area contributed by atoms with E-state index in [1.54, 1.807) is 0 Å². The summed E-state index contributed by atoms with van der Waals surface area (Å²) in [6, 6.07) is -0.816. The molecule has 0 aliphatic rings. The zero-order chi connectivity index (χ0) is 9.28. The Morgan fingerprint density at radius 2 is 1.82 bits per heavy atom. The minimum atomic E-state index is -1.00. The van der Waals surface area contributed by atoms with Crippen LogP contribution in [0.5, 0.6) is 0 Å². The second-order valence-corrected chi connectivity index (χ2v) is 2.07. The van der Waals surface area contributed by atoms with Crippen molar-refractivity contribution in [2.45, 2.75) is 6.04 Å². The molecule has 0 aromatic rings. The normalized spacial score (nSPS) is 11.3. The summed E-state index contributed by atoms with van der Waals surface area (Å²) in [5.41, 5.74) is 14.7. The van der Waals surface area contributed by atoms with Crippen LogP contribution in [0.4, 0.5) is 0 Å². The third kappa shape index (κ3) is 12.8. The molecule has 68 valence electrons. The van der Waals surface area contributed by atoms with Gasteiger partial charge in [0.1, 0.15) is 6.04 Å². The van der Waals surface area contributed by atoms with Crippen molar-refractivity contribution in [1.82, 2.24) is 0 Å². The summed E-state index contributed by atoms with van der Waals surface area (Å²) in [6.45, 7) is 1.19. The van der Waals surface area contributed by atoms with E-state index in [1.807, 2.05) is 0 Å². The van der Waals surface area contributed by atoms with Gasteiger partial charge >= 0.3 is 5.97 Å². The molecule has 0 rings (SSSR count). The molecule has 0 aliphatic heterocycles. The summed E-state index contributed by atoms with van der Waals surface area (Å²) in [4.78, 5) is 9.76. The molecule has 5 nitrogen and oxygen atoms in total. The summed E-state index contributed by atoms with van der Waals surface area (Å²) in [5.74, 6) is -0.815. The van der Waals surface area contributed by atoms with Gasteiger partial charge in [0.05, 0.1) is 0 Å². The van der Waals surface area contributed by atoms with E-state index < -0.39 is 12.0 Å². The Hall–Kier alpha value is -0.300. The van der Waals surface area contributed by atoms with Gasteiger partial charge in [0.25, 0.3) is 0 Å². The van der Waals surface area contributed by atoms with Crippen molar-refractivity contribution in [3.8, 4) is 0 Å². The maximum absolute atomic E-state index is 9.76. The lowest BCUT2D eigenvalue weighted by atomic mass is 10.4. The van der Waals surface area contributed by atoms with E-state index in [9.17, 15) is 4.79 Å². The highest BCUT2D eigenvalue weighted by molar-refractivity contribution is 7.80. The number of hydrogen-bond acceptors (Lipinski definition) is 5. The zero-order valence-corrected chi connectivity index (χ0v) is 7.13.